The number of imidazole rings is 1. The largest absolute Gasteiger partial charge is 0.378 e. The maximum atomic E-state index is 6.36. The van der Waals surface area contributed by atoms with Gasteiger partial charge in [-0.1, -0.05) is 19.1 Å². The van der Waals surface area contributed by atoms with Crippen molar-refractivity contribution in [1.82, 2.24) is 9.55 Å². The predicted molar refractivity (Wildman–Crippen MR) is 79.3 cm³/mol. The summed E-state index contributed by atoms with van der Waals surface area (Å²) in [5.41, 5.74) is 8.61. The summed E-state index contributed by atoms with van der Waals surface area (Å²) in [6, 6.07) is 8.12. The monoisotopic (exact) mass is 258 g/mol. The van der Waals surface area contributed by atoms with Crippen molar-refractivity contribution in [1.29, 1.82) is 0 Å². The van der Waals surface area contributed by atoms with E-state index in [2.05, 4.69) is 39.6 Å². The Morgan fingerprint density at radius 1 is 1.37 bits per heavy atom. The molecule has 0 saturated heterocycles. The summed E-state index contributed by atoms with van der Waals surface area (Å²) >= 11 is 0. The van der Waals surface area contributed by atoms with Crippen molar-refractivity contribution in [2.24, 2.45) is 5.73 Å². The van der Waals surface area contributed by atoms with Crippen molar-refractivity contribution in [3.8, 4) is 0 Å². The normalized spacial score (nSPS) is 12.4. The molecule has 0 aliphatic rings. The number of hydrogen-bond donors (Lipinski definition) is 1. The number of anilines is 1. The molecule has 1 unspecified atom stereocenters. The van der Waals surface area contributed by atoms with E-state index in [4.69, 9.17) is 5.73 Å². The molecule has 102 valence electrons. The molecule has 0 aliphatic heterocycles. The van der Waals surface area contributed by atoms with E-state index >= 15 is 0 Å². The molecule has 0 bridgehead atoms. The Balaban J connectivity index is 2.30. The lowest BCUT2D eigenvalue weighted by Gasteiger charge is -2.17. The number of benzene rings is 1. The molecule has 0 amide bonds. The van der Waals surface area contributed by atoms with Gasteiger partial charge in [-0.2, -0.15) is 0 Å². The van der Waals surface area contributed by atoms with Gasteiger partial charge in [0.2, 0.25) is 0 Å². The molecule has 2 aromatic rings. The quantitative estimate of drug-likeness (QED) is 0.896. The maximum absolute atomic E-state index is 6.36. The Hall–Kier alpha value is -1.81. The van der Waals surface area contributed by atoms with Gasteiger partial charge in [0.25, 0.3) is 0 Å². The maximum Gasteiger partial charge on any atom is 0.130 e. The van der Waals surface area contributed by atoms with Crippen LogP contribution in [0.5, 0.6) is 0 Å². The van der Waals surface area contributed by atoms with Gasteiger partial charge in [-0.05, 0) is 24.1 Å². The average molecular weight is 258 g/mol. The molecule has 1 atom stereocenters. The molecule has 1 aromatic carbocycles. The van der Waals surface area contributed by atoms with Gasteiger partial charge in [-0.3, -0.25) is 0 Å². The smallest absolute Gasteiger partial charge is 0.130 e. The third-order valence-corrected chi connectivity index (χ3v) is 3.24. The Morgan fingerprint density at radius 2 is 2.16 bits per heavy atom. The standard InChI is InChI=1S/C15H22N4/c1-4-9-19-10-8-17-15(19)14(16)12-6-5-7-13(11-12)18(2)3/h5-8,10-11,14H,4,9,16H2,1-3H3. The Morgan fingerprint density at radius 3 is 2.84 bits per heavy atom. The number of aryl methyl sites for hydroxylation is 1. The lowest BCUT2D eigenvalue weighted by Crippen LogP contribution is -2.18. The van der Waals surface area contributed by atoms with E-state index in [-0.39, 0.29) is 6.04 Å². The van der Waals surface area contributed by atoms with E-state index in [1.54, 1.807) is 0 Å². The number of aromatic nitrogens is 2. The minimum Gasteiger partial charge on any atom is -0.378 e. The number of nitrogens with two attached hydrogens (primary N) is 1. The highest BCUT2D eigenvalue weighted by atomic mass is 15.1. The van der Waals surface area contributed by atoms with Crippen LogP contribution in [0.15, 0.2) is 36.7 Å². The first-order valence-electron chi connectivity index (χ1n) is 6.67. The van der Waals surface area contributed by atoms with E-state index in [1.807, 2.05) is 32.6 Å². The first-order valence-corrected chi connectivity index (χ1v) is 6.67. The lowest BCUT2D eigenvalue weighted by molar-refractivity contribution is 0.613. The van der Waals surface area contributed by atoms with Gasteiger partial charge in [0.15, 0.2) is 0 Å². The number of nitrogens with zero attached hydrogens (tertiary/aromatic N) is 3. The van der Waals surface area contributed by atoms with Gasteiger partial charge in [0.05, 0.1) is 6.04 Å². The molecule has 2 rings (SSSR count). The minimum absolute atomic E-state index is 0.179. The van der Waals surface area contributed by atoms with E-state index in [1.165, 1.54) is 0 Å². The van der Waals surface area contributed by atoms with Crippen LogP contribution in [0.1, 0.15) is 30.8 Å². The van der Waals surface area contributed by atoms with Gasteiger partial charge in [0, 0.05) is 38.7 Å². The topological polar surface area (TPSA) is 47.1 Å². The van der Waals surface area contributed by atoms with Crippen molar-refractivity contribution in [3.05, 3.63) is 48.0 Å². The second kappa shape index (κ2) is 5.89. The van der Waals surface area contributed by atoms with Crippen LogP contribution < -0.4 is 10.6 Å². The van der Waals surface area contributed by atoms with Crippen LogP contribution in [0, 0.1) is 0 Å². The summed E-state index contributed by atoms with van der Waals surface area (Å²) < 4.78 is 2.13. The van der Waals surface area contributed by atoms with Crippen LogP contribution in [-0.2, 0) is 6.54 Å². The third-order valence-electron chi connectivity index (χ3n) is 3.24. The van der Waals surface area contributed by atoms with Crippen LogP contribution in [0.4, 0.5) is 5.69 Å². The van der Waals surface area contributed by atoms with Crippen LogP contribution in [-0.4, -0.2) is 23.6 Å². The molecule has 1 aromatic heterocycles. The number of rotatable bonds is 5. The van der Waals surface area contributed by atoms with Crippen molar-refractivity contribution in [2.45, 2.75) is 25.9 Å². The minimum atomic E-state index is -0.179. The SMILES string of the molecule is CCCn1ccnc1C(N)c1cccc(N(C)C)c1. The zero-order valence-electron chi connectivity index (χ0n) is 11.9. The van der Waals surface area contributed by atoms with E-state index in [0.29, 0.717) is 0 Å². The molecule has 0 saturated carbocycles. The first kappa shape index (κ1) is 13.6. The van der Waals surface area contributed by atoms with Gasteiger partial charge in [-0.25, -0.2) is 4.98 Å². The number of hydrogen-bond acceptors (Lipinski definition) is 3. The molecule has 2 N–H and O–H groups in total. The molecule has 4 heteroatoms. The summed E-state index contributed by atoms with van der Waals surface area (Å²) in [5, 5.41) is 0. The zero-order chi connectivity index (χ0) is 13.8. The van der Waals surface area contributed by atoms with Crippen molar-refractivity contribution >= 4 is 5.69 Å². The van der Waals surface area contributed by atoms with Crippen LogP contribution in [0.3, 0.4) is 0 Å². The predicted octanol–water partition coefficient (Wildman–Crippen LogP) is 2.41. The molecule has 19 heavy (non-hydrogen) atoms. The highest BCUT2D eigenvalue weighted by Crippen LogP contribution is 2.22. The summed E-state index contributed by atoms with van der Waals surface area (Å²) in [4.78, 5) is 6.49. The summed E-state index contributed by atoms with van der Waals surface area (Å²) in [6.07, 6.45) is 4.89. The third kappa shape index (κ3) is 2.96. The average Bonchev–Trinajstić information content (AvgIpc) is 2.86. The molecular formula is C15H22N4. The molecule has 1 heterocycles. The molecule has 4 nitrogen and oxygen atoms in total. The van der Waals surface area contributed by atoms with Gasteiger partial charge in [-0.15, -0.1) is 0 Å². The summed E-state index contributed by atoms with van der Waals surface area (Å²) in [5.74, 6) is 0.928. The fourth-order valence-corrected chi connectivity index (χ4v) is 2.18. The summed E-state index contributed by atoms with van der Waals surface area (Å²) in [6.45, 7) is 3.11. The molecule has 0 spiro atoms. The van der Waals surface area contributed by atoms with Gasteiger partial charge < -0.3 is 15.2 Å². The Labute approximate surface area is 114 Å². The van der Waals surface area contributed by atoms with Crippen molar-refractivity contribution in [3.63, 3.8) is 0 Å². The Kier molecular flexibility index (Phi) is 4.22. The summed E-state index contributed by atoms with van der Waals surface area (Å²) in [7, 11) is 4.06. The second-order valence-electron chi connectivity index (χ2n) is 4.95. The van der Waals surface area contributed by atoms with Crippen LogP contribution in [0.2, 0.25) is 0 Å². The van der Waals surface area contributed by atoms with Gasteiger partial charge >= 0.3 is 0 Å². The lowest BCUT2D eigenvalue weighted by atomic mass is 10.1. The van der Waals surface area contributed by atoms with Crippen LogP contribution in [0.25, 0.3) is 0 Å². The first-order chi connectivity index (χ1) is 9.13. The Bertz CT molecular complexity index is 530. The van der Waals surface area contributed by atoms with Crippen molar-refractivity contribution < 1.29 is 0 Å². The van der Waals surface area contributed by atoms with Crippen molar-refractivity contribution in [2.75, 3.05) is 19.0 Å². The second-order valence-corrected chi connectivity index (χ2v) is 4.95. The van der Waals surface area contributed by atoms with E-state index in [0.717, 1.165) is 30.0 Å². The van der Waals surface area contributed by atoms with E-state index in [9.17, 15) is 0 Å². The molecule has 0 fully saturated rings. The fraction of sp³-hybridized carbons (Fsp3) is 0.400. The zero-order valence-corrected chi connectivity index (χ0v) is 11.9. The van der Waals surface area contributed by atoms with E-state index < -0.39 is 0 Å². The van der Waals surface area contributed by atoms with Crippen LogP contribution >= 0.6 is 0 Å². The highest BCUT2D eigenvalue weighted by molar-refractivity contribution is 5.48. The van der Waals surface area contributed by atoms with Gasteiger partial charge in [0.1, 0.15) is 5.82 Å². The highest BCUT2D eigenvalue weighted by Gasteiger charge is 2.15. The molecular weight excluding hydrogens is 236 g/mol. The fourth-order valence-electron chi connectivity index (χ4n) is 2.18. The molecule has 0 radical (unpaired) electrons. The molecule has 0 aliphatic carbocycles.